The first-order valence-corrected chi connectivity index (χ1v) is 6.66. The molecule has 1 aliphatic rings. The van der Waals surface area contributed by atoms with Gasteiger partial charge in [-0.05, 0) is 59.8 Å². The number of hydrogen-bond donors (Lipinski definition) is 1. The number of anilines is 1. The van der Waals surface area contributed by atoms with E-state index in [2.05, 4.69) is 46.4 Å². The lowest BCUT2D eigenvalue weighted by atomic mass is 10.2. The number of benzene rings is 1. The van der Waals surface area contributed by atoms with Crippen molar-refractivity contribution in [1.82, 2.24) is 0 Å². The minimum atomic E-state index is 0.469. The van der Waals surface area contributed by atoms with Crippen molar-refractivity contribution in [2.75, 3.05) is 18.5 Å². The zero-order chi connectivity index (χ0) is 11.4. The molecule has 1 aromatic rings. The molecule has 1 atom stereocenters. The van der Waals surface area contributed by atoms with Crippen molar-refractivity contribution in [2.45, 2.75) is 32.3 Å². The molecule has 2 nitrogen and oxygen atoms in total. The molecule has 0 amide bonds. The van der Waals surface area contributed by atoms with Crippen LogP contribution >= 0.6 is 15.9 Å². The lowest BCUT2D eigenvalue weighted by Gasteiger charge is -2.12. The van der Waals surface area contributed by atoms with Crippen molar-refractivity contribution >= 4 is 21.6 Å². The molecule has 3 heteroatoms. The van der Waals surface area contributed by atoms with E-state index in [9.17, 15) is 0 Å². The summed E-state index contributed by atoms with van der Waals surface area (Å²) in [5.41, 5.74) is 2.44. The SMILES string of the molecule is Cc1ccc(NCCC2CCCO2)c(Br)c1. The summed E-state index contributed by atoms with van der Waals surface area (Å²) < 4.78 is 6.73. The van der Waals surface area contributed by atoms with E-state index in [0.717, 1.165) is 24.0 Å². The summed E-state index contributed by atoms with van der Waals surface area (Å²) in [7, 11) is 0. The van der Waals surface area contributed by atoms with E-state index in [1.807, 2.05) is 0 Å². The highest BCUT2D eigenvalue weighted by molar-refractivity contribution is 9.10. The van der Waals surface area contributed by atoms with Crippen LogP contribution in [-0.4, -0.2) is 19.3 Å². The summed E-state index contributed by atoms with van der Waals surface area (Å²) in [6.07, 6.45) is 4.01. The van der Waals surface area contributed by atoms with Crippen LogP contribution in [0.2, 0.25) is 0 Å². The molecular formula is C13H18BrNO. The number of rotatable bonds is 4. The average Bonchev–Trinajstić information content (AvgIpc) is 2.74. The highest BCUT2D eigenvalue weighted by atomic mass is 79.9. The molecule has 0 bridgehead atoms. The molecule has 16 heavy (non-hydrogen) atoms. The first-order chi connectivity index (χ1) is 7.75. The van der Waals surface area contributed by atoms with Crippen molar-refractivity contribution in [1.29, 1.82) is 0 Å². The summed E-state index contributed by atoms with van der Waals surface area (Å²) in [6.45, 7) is 4.02. The average molecular weight is 284 g/mol. The molecule has 88 valence electrons. The fraction of sp³-hybridized carbons (Fsp3) is 0.538. The highest BCUT2D eigenvalue weighted by Crippen LogP contribution is 2.23. The Morgan fingerprint density at radius 1 is 1.50 bits per heavy atom. The molecular weight excluding hydrogens is 266 g/mol. The van der Waals surface area contributed by atoms with Gasteiger partial charge in [0.1, 0.15) is 0 Å². The van der Waals surface area contributed by atoms with Crippen LogP contribution < -0.4 is 5.32 Å². The topological polar surface area (TPSA) is 21.3 Å². The first-order valence-electron chi connectivity index (χ1n) is 5.87. The van der Waals surface area contributed by atoms with E-state index in [-0.39, 0.29) is 0 Å². The lowest BCUT2D eigenvalue weighted by Crippen LogP contribution is -2.12. The van der Waals surface area contributed by atoms with Crippen LogP contribution in [0.5, 0.6) is 0 Å². The molecule has 1 saturated heterocycles. The maximum absolute atomic E-state index is 5.59. The molecule has 2 rings (SSSR count). The predicted molar refractivity (Wildman–Crippen MR) is 71.0 cm³/mol. The molecule has 0 radical (unpaired) electrons. The Bertz CT molecular complexity index is 348. The van der Waals surface area contributed by atoms with Crippen molar-refractivity contribution < 1.29 is 4.74 Å². The highest BCUT2D eigenvalue weighted by Gasteiger charge is 2.14. The van der Waals surface area contributed by atoms with Crippen molar-refractivity contribution in [3.63, 3.8) is 0 Å². The molecule has 0 aliphatic carbocycles. The molecule has 1 fully saturated rings. The Hall–Kier alpha value is -0.540. The molecule has 1 unspecified atom stereocenters. The second-order valence-corrected chi connectivity index (χ2v) is 5.19. The van der Waals surface area contributed by atoms with Crippen LogP contribution in [0.3, 0.4) is 0 Å². The Kier molecular flexibility index (Phi) is 4.24. The Morgan fingerprint density at radius 3 is 3.06 bits per heavy atom. The Labute approximate surface area is 106 Å². The largest absolute Gasteiger partial charge is 0.384 e. The third-order valence-corrected chi connectivity index (χ3v) is 3.59. The van der Waals surface area contributed by atoms with Crippen molar-refractivity contribution in [2.24, 2.45) is 0 Å². The fourth-order valence-corrected chi connectivity index (χ4v) is 2.64. The third-order valence-electron chi connectivity index (χ3n) is 2.93. The zero-order valence-corrected chi connectivity index (χ0v) is 11.2. The second-order valence-electron chi connectivity index (χ2n) is 4.33. The fourth-order valence-electron chi connectivity index (χ4n) is 2.00. The lowest BCUT2D eigenvalue weighted by molar-refractivity contribution is 0.107. The van der Waals surface area contributed by atoms with Gasteiger partial charge >= 0.3 is 0 Å². The minimum Gasteiger partial charge on any atom is -0.384 e. The number of hydrogen-bond acceptors (Lipinski definition) is 2. The molecule has 1 aliphatic heterocycles. The summed E-state index contributed by atoms with van der Waals surface area (Å²) in [4.78, 5) is 0. The van der Waals surface area contributed by atoms with E-state index in [1.54, 1.807) is 0 Å². The van der Waals surface area contributed by atoms with Gasteiger partial charge in [0.2, 0.25) is 0 Å². The molecule has 1 heterocycles. The van der Waals surface area contributed by atoms with Crippen molar-refractivity contribution in [3.8, 4) is 0 Å². The van der Waals surface area contributed by atoms with Gasteiger partial charge in [-0.3, -0.25) is 0 Å². The summed E-state index contributed by atoms with van der Waals surface area (Å²) in [5, 5.41) is 3.44. The standard InChI is InChI=1S/C13H18BrNO/c1-10-4-5-13(12(14)9-10)15-7-6-11-3-2-8-16-11/h4-5,9,11,15H,2-3,6-8H2,1H3. The normalized spacial score (nSPS) is 20.0. The van der Waals surface area contributed by atoms with Gasteiger partial charge in [0.05, 0.1) is 6.10 Å². The van der Waals surface area contributed by atoms with Crippen LogP contribution in [0.25, 0.3) is 0 Å². The number of aryl methyl sites for hydroxylation is 1. The van der Waals surface area contributed by atoms with Gasteiger partial charge in [-0.2, -0.15) is 0 Å². The maximum Gasteiger partial charge on any atom is 0.0592 e. The molecule has 0 aromatic heterocycles. The van der Waals surface area contributed by atoms with Crippen LogP contribution in [0.15, 0.2) is 22.7 Å². The van der Waals surface area contributed by atoms with Gasteiger partial charge in [0.15, 0.2) is 0 Å². The molecule has 0 spiro atoms. The van der Waals surface area contributed by atoms with Gasteiger partial charge < -0.3 is 10.1 Å². The smallest absolute Gasteiger partial charge is 0.0592 e. The first kappa shape index (κ1) is 11.9. The summed E-state index contributed by atoms with van der Waals surface area (Å²) in [5.74, 6) is 0. The zero-order valence-electron chi connectivity index (χ0n) is 9.63. The number of nitrogens with one attached hydrogen (secondary N) is 1. The predicted octanol–water partition coefficient (Wildman–Crippen LogP) is 3.74. The van der Waals surface area contributed by atoms with Gasteiger partial charge in [-0.1, -0.05) is 6.07 Å². The van der Waals surface area contributed by atoms with Crippen LogP contribution in [0.1, 0.15) is 24.8 Å². The number of halogens is 1. The van der Waals surface area contributed by atoms with Gasteiger partial charge in [0.25, 0.3) is 0 Å². The van der Waals surface area contributed by atoms with E-state index in [4.69, 9.17) is 4.74 Å². The monoisotopic (exact) mass is 283 g/mol. The minimum absolute atomic E-state index is 0.469. The molecule has 0 saturated carbocycles. The van der Waals surface area contributed by atoms with Gasteiger partial charge in [-0.25, -0.2) is 0 Å². The van der Waals surface area contributed by atoms with Gasteiger partial charge in [0, 0.05) is 23.3 Å². The van der Waals surface area contributed by atoms with E-state index >= 15 is 0 Å². The van der Waals surface area contributed by atoms with Crippen LogP contribution in [0, 0.1) is 6.92 Å². The quantitative estimate of drug-likeness (QED) is 0.909. The van der Waals surface area contributed by atoms with E-state index in [0.29, 0.717) is 6.10 Å². The third kappa shape index (κ3) is 3.22. The maximum atomic E-state index is 5.59. The second kappa shape index (κ2) is 5.69. The molecule has 1 N–H and O–H groups in total. The van der Waals surface area contributed by atoms with Gasteiger partial charge in [-0.15, -0.1) is 0 Å². The number of ether oxygens (including phenoxy) is 1. The Morgan fingerprint density at radius 2 is 2.38 bits per heavy atom. The van der Waals surface area contributed by atoms with E-state index in [1.165, 1.54) is 24.1 Å². The van der Waals surface area contributed by atoms with Crippen LogP contribution in [0.4, 0.5) is 5.69 Å². The van der Waals surface area contributed by atoms with Crippen LogP contribution in [-0.2, 0) is 4.74 Å². The van der Waals surface area contributed by atoms with Crippen molar-refractivity contribution in [3.05, 3.63) is 28.2 Å². The molecule has 1 aromatic carbocycles. The Balaban J connectivity index is 1.80. The summed E-state index contributed by atoms with van der Waals surface area (Å²) >= 11 is 3.57. The summed E-state index contributed by atoms with van der Waals surface area (Å²) in [6, 6.07) is 6.38. The van der Waals surface area contributed by atoms with E-state index < -0.39 is 0 Å².